The Bertz CT molecular complexity index is 805. The van der Waals surface area contributed by atoms with Crippen molar-refractivity contribution in [3.63, 3.8) is 0 Å². The fourth-order valence-corrected chi connectivity index (χ4v) is 2.33. The molecule has 0 aliphatic carbocycles. The molecule has 0 amide bonds. The first-order valence-corrected chi connectivity index (χ1v) is 7.31. The number of nitrogens with one attached hydrogen (secondary N) is 1. The third-order valence-electron chi connectivity index (χ3n) is 3.12. The topological polar surface area (TPSA) is 64.9 Å². The molecule has 2 heterocycles. The first-order valence-electron chi connectivity index (χ1n) is 6.56. The van der Waals surface area contributed by atoms with Crippen LogP contribution in [0.2, 0.25) is 10.0 Å². The van der Waals surface area contributed by atoms with Crippen molar-refractivity contribution in [2.75, 3.05) is 19.0 Å². The van der Waals surface area contributed by atoms with Crippen molar-refractivity contribution in [2.24, 2.45) is 0 Å². The van der Waals surface area contributed by atoms with Crippen molar-refractivity contribution in [1.29, 1.82) is 0 Å². The van der Waals surface area contributed by atoms with Crippen LogP contribution in [-0.2, 0) is 11.3 Å². The molecule has 0 fully saturated rings. The van der Waals surface area contributed by atoms with Gasteiger partial charge in [-0.3, -0.25) is 0 Å². The molecule has 3 aromatic rings. The zero-order chi connectivity index (χ0) is 15.5. The number of benzene rings is 1. The standard InChI is InChI=1S/C14H13Cl2N5O/c1-22-5-4-21-8-19-12-13(17-7-18-14(12)21)20-9-2-3-10(15)11(16)6-9/h2-3,6-8H,4-5H2,1H3,(H,17,18,20). The Labute approximate surface area is 137 Å². The van der Waals surface area contributed by atoms with Crippen LogP contribution in [-0.4, -0.2) is 33.2 Å². The summed E-state index contributed by atoms with van der Waals surface area (Å²) in [7, 11) is 1.66. The molecular weight excluding hydrogens is 325 g/mol. The van der Waals surface area contributed by atoms with Gasteiger partial charge in [-0.1, -0.05) is 23.2 Å². The zero-order valence-electron chi connectivity index (χ0n) is 11.8. The monoisotopic (exact) mass is 337 g/mol. The molecule has 0 spiro atoms. The first-order chi connectivity index (χ1) is 10.7. The van der Waals surface area contributed by atoms with Crippen LogP contribution >= 0.6 is 23.2 Å². The number of methoxy groups -OCH3 is 1. The van der Waals surface area contributed by atoms with Crippen LogP contribution in [0.25, 0.3) is 11.2 Å². The molecule has 0 atom stereocenters. The minimum Gasteiger partial charge on any atom is -0.383 e. The Morgan fingerprint density at radius 2 is 2.05 bits per heavy atom. The molecule has 3 rings (SSSR count). The van der Waals surface area contributed by atoms with Crippen molar-refractivity contribution >= 4 is 45.9 Å². The van der Waals surface area contributed by atoms with Crippen molar-refractivity contribution < 1.29 is 4.74 Å². The molecule has 1 N–H and O–H groups in total. The third kappa shape index (κ3) is 2.99. The fraction of sp³-hybridized carbons (Fsp3) is 0.214. The van der Waals surface area contributed by atoms with E-state index in [1.807, 2.05) is 10.6 Å². The van der Waals surface area contributed by atoms with E-state index in [4.69, 9.17) is 27.9 Å². The molecule has 0 aliphatic heterocycles. The number of anilines is 2. The quantitative estimate of drug-likeness (QED) is 0.771. The molecule has 1 aromatic carbocycles. The van der Waals surface area contributed by atoms with Crippen LogP contribution in [0.4, 0.5) is 11.5 Å². The molecule has 0 unspecified atom stereocenters. The highest BCUT2D eigenvalue weighted by molar-refractivity contribution is 6.42. The van der Waals surface area contributed by atoms with E-state index >= 15 is 0 Å². The van der Waals surface area contributed by atoms with Crippen molar-refractivity contribution in [3.05, 3.63) is 40.9 Å². The molecule has 0 saturated heterocycles. The number of hydrogen-bond donors (Lipinski definition) is 1. The Kier molecular flexibility index (Phi) is 4.42. The number of halogens is 2. The van der Waals surface area contributed by atoms with Gasteiger partial charge in [0.2, 0.25) is 0 Å². The number of imidazole rings is 1. The van der Waals surface area contributed by atoms with Gasteiger partial charge in [-0.15, -0.1) is 0 Å². The molecule has 8 heteroatoms. The van der Waals surface area contributed by atoms with Gasteiger partial charge in [0, 0.05) is 19.3 Å². The minimum atomic E-state index is 0.475. The van der Waals surface area contributed by atoms with Gasteiger partial charge in [0.05, 0.1) is 23.0 Å². The van der Waals surface area contributed by atoms with Gasteiger partial charge < -0.3 is 14.6 Å². The molecule has 6 nitrogen and oxygen atoms in total. The lowest BCUT2D eigenvalue weighted by atomic mass is 10.3. The molecule has 2 aromatic heterocycles. The predicted octanol–water partition coefficient (Wildman–Crippen LogP) is 3.52. The van der Waals surface area contributed by atoms with Crippen LogP contribution in [0.3, 0.4) is 0 Å². The van der Waals surface area contributed by atoms with Gasteiger partial charge in [-0.25, -0.2) is 15.0 Å². The molecular formula is C14H13Cl2N5O. The summed E-state index contributed by atoms with van der Waals surface area (Å²) in [6.07, 6.45) is 3.21. The van der Waals surface area contributed by atoms with Crippen molar-refractivity contribution in [1.82, 2.24) is 19.5 Å². The van der Waals surface area contributed by atoms with E-state index in [1.54, 1.807) is 25.6 Å². The SMILES string of the molecule is COCCn1cnc2c(Nc3ccc(Cl)c(Cl)c3)ncnc21. The molecule has 0 saturated carbocycles. The van der Waals surface area contributed by atoms with Crippen LogP contribution in [0.5, 0.6) is 0 Å². The van der Waals surface area contributed by atoms with E-state index in [0.717, 1.165) is 11.3 Å². The number of fused-ring (bicyclic) bond motifs is 1. The van der Waals surface area contributed by atoms with E-state index in [9.17, 15) is 0 Å². The maximum absolute atomic E-state index is 6.02. The van der Waals surface area contributed by atoms with Crippen LogP contribution in [0.1, 0.15) is 0 Å². The second-order valence-electron chi connectivity index (χ2n) is 4.58. The second-order valence-corrected chi connectivity index (χ2v) is 5.39. The zero-order valence-corrected chi connectivity index (χ0v) is 13.3. The number of ether oxygens (including phenoxy) is 1. The van der Waals surface area contributed by atoms with Gasteiger partial charge in [0.25, 0.3) is 0 Å². The van der Waals surface area contributed by atoms with Gasteiger partial charge >= 0.3 is 0 Å². The summed E-state index contributed by atoms with van der Waals surface area (Å²) >= 11 is 11.9. The number of nitrogens with zero attached hydrogens (tertiary/aromatic N) is 4. The lowest BCUT2D eigenvalue weighted by Crippen LogP contribution is -2.04. The predicted molar refractivity (Wildman–Crippen MR) is 86.9 cm³/mol. The average molecular weight is 338 g/mol. The van der Waals surface area contributed by atoms with E-state index < -0.39 is 0 Å². The minimum absolute atomic E-state index is 0.475. The Morgan fingerprint density at radius 3 is 2.82 bits per heavy atom. The maximum Gasteiger partial charge on any atom is 0.165 e. The Balaban J connectivity index is 1.93. The summed E-state index contributed by atoms with van der Waals surface area (Å²) in [6, 6.07) is 5.28. The van der Waals surface area contributed by atoms with Crippen molar-refractivity contribution in [3.8, 4) is 0 Å². The summed E-state index contributed by atoms with van der Waals surface area (Å²) in [4.78, 5) is 12.9. The van der Waals surface area contributed by atoms with Gasteiger partial charge in [0.15, 0.2) is 17.0 Å². The Hall–Kier alpha value is -1.89. The summed E-state index contributed by atoms with van der Waals surface area (Å²) in [5.41, 5.74) is 2.21. The maximum atomic E-state index is 6.02. The van der Waals surface area contributed by atoms with E-state index in [2.05, 4.69) is 20.3 Å². The number of aromatic nitrogens is 4. The van der Waals surface area contributed by atoms with Crippen LogP contribution in [0.15, 0.2) is 30.9 Å². The number of hydrogen-bond acceptors (Lipinski definition) is 5. The molecule has 22 heavy (non-hydrogen) atoms. The normalized spacial score (nSPS) is 11.0. The fourth-order valence-electron chi connectivity index (χ4n) is 2.04. The number of rotatable bonds is 5. The van der Waals surface area contributed by atoms with E-state index in [1.165, 1.54) is 6.33 Å². The largest absolute Gasteiger partial charge is 0.383 e. The highest BCUT2D eigenvalue weighted by atomic mass is 35.5. The molecule has 0 bridgehead atoms. The molecule has 0 aliphatic rings. The Morgan fingerprint density at radius 1 is 1.18 bits per heavy atom. The van der Waals surface area contributed by atoms with Crippen LogP contribution < -0.4 is 5.32 Å². The summed E-state index contributed by atoms with van der Waals surface area (Å²) < 4.78 is 7.00. The lowest BCUT2D eigenvalue weighted by Gasteiger charge is -2.07. The van der Waals surface area contributed by atoms with Gasteiger partial charge in [0.1, 0.15) is 6.33 Å². The van der Waals surface area contributed by atoms with Gasteiger partial charge in [-0.2, -0.15) is 0 Å². The highest BCUT2D eigenvalue weighted by Crippen LogP contribution is 2.28. The lowest BCUT2D eigenvalue weighted by molar-refractivity contribution is 0.188. The third-order valence-corrected chi connectivity index (χ3v) is 3.86. The summed E-state index contributed by atoms with van der Waals surface area (Å²) in [6.45, 7) is 1.27. The first kappa shape index (κ1) is 15.0. The molecule has 114 valence electrons. The second kappa shape index (κ2) is 6.48. The van der Waals surface area contributed by atoms with Crippen molar-refractivity contribution in [2.45, 2.75) is 6.54 Å². The van der Waals surface area contributed by atoms with Gasteiger partial charge in [-0.05, 0) is 18.2 Å². The molecule has 0 radical (unpaired) electrons. The smallest absolute Gasteiger partial charge is 0.165 e. The summed E-state index contributed by atoms with van der Waals surface area (Å²) in [5.74, 6) is 0.611. The van der Waals surface area contributed by atoms with E-state index in [-0.39, 0.29) is 0 Å². The summed E-state index contributed by atoms with van der Waals surface area (Å²) in [5, 5.41) is 4.16. The average Bonchev–Trinajstić information content (AvgIpc) is 2.93. The van der Waals surface area contributed by atoms with E-state index in [0.29, 0.717) is 34.5 Å². The van der Waals surface area contributed by atoms with Crippen LogP contribution in [0, 0.1) is 0 Å². The highest BCUT2D eigenvalue weighted by Gasteiger charge is 2.10.